The molecule has 0 bridgehead atoms. The van der Waals surface area contributed by atoms with E-state index < -0.39 is 23.2 Å². The van der Waals surface area contributed by atoms with Crippen LogP contribution in [0.2, 0.25) is 0 Å². The Hall–Kier alpha value is -4.19. The third-order valence-electron chi connectivity index (χ3n) is 9.18. The zero-order chi connectivity index (χ0) is 36.4. The molecule has 1 aromatic heterocycles. The molecule has 2 atom stereocenters. The molecule has 5 rings (SSSR count). The van der Waals surface area contributed by atoms with Gasteiger partial charge in [0.25, 0.3) is 0 Å². The SMILES string of the molecule is COCCCc1cc(CN(C(=O)[C@H]2CN(C(=O)OC(C)(C)C)CC[C@@]2(O)c2ccnc(OCc3ccccc3)c2)C2CC2)cc(OCCOC)c1. The number of carbonyl (C=O) groups is 2. The summed E-state index contributed by atoms with van der Waals surface area (Å²) in [7, 11) is 3.33. The molecule has 1 N–H and O–H groups in total. The van der Waals surface area contributed by atoms with Crippen LogP contribution in [-0.4, -0.2) is 90.7 Å². The van der Waals surface area contributed by atoms with Crippen molar-refractivity contribution >= 4 is 12.0 Å². The molecule has 1 aliphatic carbocycles. The van der Waals surface area contributed by atoms with Gasteiger partial charge in [0.2, 0.25) is 11.8 Å². The normalized spacial score (nSPS) is 19.0. The van der Waals surface area contributed by atoms with Crippen molar-refractivity contribution < 1.29 is 38.4 Å². The molecule has 51 heavy (non-hydrogen) atoms. The molecule has 2 aromatic carbocycles. The molecular weight excluding hydrogens is 650 g/mol. The van der Waals surface area contributed by atoms with Crippen LogP contribution in [0.4, 0.5) is 4.79 Å². The first-order valence-electron chi connectivity index (χ1n) is 17.9. The van der Waals surface area contributed by atoms with Gasteiger partial charge in [0.1, 0.15) is 30.2 Å². The summed E-state index contributed by atoms with van der Waals surface area (Å²) < 4.78 is 28.2. The summed E-state index contributed by atoms with van der Waals surface area (Å²) in [5, 5.41) is 12.6. The number of amides is 2. The van der Waals surface area contributed by atoms with Gasteiger partial charge >= 0.3 is 6.09 Å². The number of likely N-dealkylation sites (tertiary alicyclic amines) is 1. The second-order valence-electron chi connectivity index (χ2n) is 14.4. The van der Waals surface area contributed by atoms with Crippen LogP contribution in [-0.2, 0) is 44.2 Å². The molecule has 11 nitrogen and oxygen atoms in total. The number of aryl methyl sites for hydroxylation is 1. The predicted molar refractivity (Wildman–Crippen MR) is 192 cm³/mol. The molecule has 2 aliphatic rings. The molecule has 2 amide bonds. The second kappa shape index (κ2) is 17.4. The van der Waals surface area contributed by atoms with Gasteiger partial charge in [-0.05, 0) is 93.3 Å². The lowest BCUT2D eigenvalue weighted by Gasteiger charge is -2.45. The number of aliphatic hydroxyl groups is 1. The third kappa shape index (κ3) is 10.7. The number of ether oxygens (including phenoxy) is 5. The quantitative estimate of drug-likeness (QED) is 0.182. The largest absolute Gasteiger partial charge is 0.491 e. The molecule has 11 heteroatoms. The lowest BCUT2D eigenvalue weighted by atomic mass is 9.75. The van der Waals surface area contributed by atoms with Gasteiger partial charge in [-0.3, -0.25) is 4.79 Å². The molecule has 1 saturated heterocycles. The van der Waals surface area contributed by atoms with Crippen LogP contribution < -0.4 is 9.47 Å². The summed E-state index contributed by atoms with van der Waals surface area (Å²) in [6.07, 6.45) is 4.59. The van der Waals surface area contributed by atoms with Crippen molar-refractivity contribution in [1.29, 1.82) is 0 Å². The Labute approximate surface area is 301 Å². The minimum Gasteiger partial charge on any atom is -0.491 e. The number of nitrogens with zero attached hydrogens (tertiary/aromatic N) is 3. The van der Waals surface area contributed by atoms with Gasteiger partial charge in [0.05, 0.1) is 12.5 Å². The summed E-state index contributed by atoms with van der Waals surface area (Å²) in [4.78, 5) is 36.0. The lowest BCUT2D eigenvalue weighted by molar-refractivity contribution is -0.155. The third-order valence-corrected chi connectivity index (χ3v) is 9.18. The first-order valence-corrected chi connectivity index (χ1v) is 17.9. The van der Waals surface area contributed by atoms with Gasteiger partial charge in [-0.15, -0.1) is 0 Å². The molecule has 276 valence electrons. The van der Waals surface area contributed by atoms with Gasteiger partial charge in [-0.25, -0.2) is 9.78 Å². The van der Waals surface area contributed by atoms with E-state index in [1.807, 2.05) is 68.1 Å². The Balaban J connectivity index is 1.44. The summed E-state index contributed by atoms with van der Waals surface area (Å²) in [6, 6.07) is 19.3. The Bertz CT molecular complexity index is 1560. The van der Waals surface area contributed by atoms with Crippen molar-refractivity contribution in [1.82, 2.24) is 14.8 Å². The molecule has 3 aromatic rings. The summed E-state index contributed by atoms with van der Waals surface area (Å²) in [6.45, 7) is 7.79. The smallest absolute Gasteiger partial charge is 0.410 e. The van der Waals surface area contributed by atoms with Gasteiger partial charge in [0, 0.05) is 58.8 Å². The molecule has 1 saturated carbocycles. The molecular formula is C40H53N3O8. The highest BCUT2D eigenvalue weighted by atomic mass is 16.6. The van der Waals surface area contributed by atoms with E-state index in [1.165, 1.54) is 0 Å². The molecule has 2 fully saturated rings. The minimum absolute atomic E-state index is 0.00156. The molecule has 1 aliphatic heterocycles. The number of piperidine rings is 1. The van der Waals surface area contributed by atoms with E-state index in [1.54, 1.807) is 37.4 Å². The van der Waals surface area contributed by atoms with E-state index >= 15 is 0 Å². The van der Waals surface area contributed by atoms with Crippen LogP contribution in [0.1, 0.15) is 68.7 Å². The zero-order valence-corrected chi connectivity index (χ0v) is 30.6. The Kier molecular flexibility index (Phi) is 12.9. The number of hydrogen-bond acceptors (Lipinski definition) is 9. The average Bonchev–Trinajstić information content (AvgIpc) is 3.95. The van der Waals surface area contributed by atoms with Crippen molar-refractivity contribution in [2.75, 3.05) is 47.1 Å². The average molecular weight is 704 g/mol. The molecule has 0 spiro atoms. The van der Waals surface area contributed by atoms with Crippen molar-refractivity contribution in [2.24, 2.45) is 5.92 Å². The van der Waals surface area contributed by atoms with Crippen molar-refractivity contribution in [2.45, 2.75) is 83.3 Å². The zero-order valence-electron chi connectivity index (χ0n) is 30.6. The van der Waals surface area contributed by atoms with E-state index in [2.05, 4.69) is 11.1 Å². The second-order valence-corrected chi connectivity index (χ2v) is 14.4. The van der Waals surface area contributed by atoms with Crippen molar-refractivity contribution in [3.05, 3.63) is 89.1 Å². The highest BCUT2D eigenvalue weighted by Gasteiger charge is 2.51. The fourth-order valence-corrected chi connectivity index (χ4v) is 6.43. The summed E-state index contributed by atoms with van der Waals surface area (Å²) >= 11 is 0. The minimum atomic E-state index is -1.59. The van der Waals surface area contributed by atoms with E-state index in [9.17, 15) is 14.7 Å². The van der Waals surface area contributed by atoms with Crippen LogP contribution in [0.15, 0.2) is 66.9 Å². The van der Waals surface area contributed by atoms with Crippen LogP contribution in [0.25, 0.3) is 0 Å². The number of methoxy groups -OCH3 is 2. The van der Waals surface area contributed by atoms with Gasteiger partial charge < -0.3 is 38.6 Å². The van der Waals surface area contributed by atoms with Gasteiger partial charge in [-0.1, -0.05) is 36.4 Å². The van der Waals surface area contributed by atoms with Gasteiger partial charge in [-0.2, -0.15) is 0 Å². The summed E-state index contributed by atoms with van der Waals surface area (Å²) in [5.41, 5.74) is 1.22. The fraction of sp³-hybridized carbons (Fsp3) is 0.525. The van der Waals surface area contributed by atoms with Crippen LogP contribution in [0, 0.1) is 5.92 Å². The van der Waals surface area contributed by atoms with E-state index in [0.717, 1.165) is 42.4 Å². The Morgan fingerprint density at radius 2 is 1.69 bits per heavy atom. The number of carbonyl (C=O) groups excluding carboxylic acids is 2. The summed E-state index contributed by atoms with van der Waals surface area (Å²) in [5.74, 6) is -0.129. The molecule has 2 heterocycles. The van der Waals surface area contributed by atoms with Crippen molar-refractivity contribution in [3.63, 3.8) is 0 Å². The maximum absolute atomic E-state index is 14.9. The number of aromatic nitrogens is 1. The van der Waals surface area contributed by atoms with E-state index in [0.29, 0.717) is 50.2 Å². The number of rotatable bonds is 16. The highest BCUT2D eigenvalue weighted by molar-refractivity contribution is 5.82. The molecule has 0 unspecified atom stereocenters. The van der Waals surface area contributed by atoms with Crippen LogP contribution in [0.3, 0.4) is 0 Å². The highest BCUT2D eigenvalue weighted by Crippen LogP contribution is 2.42. The van der Waals surface area contributed by atoms with Crippen LogP contribution in [0.5, 0.6) is 11.6 Å². The maximum Gasteiger partial charge on any atom is 0.410 e. The molecule has 0 radical (unpaired) electrons. The first-order chi connectivity index (χ1) is 24.5. The number of pyridine rings is 1. The Morgan fingerprint density at radius 1 is 0.941 bits per heavy atom. The lowest BCUT2D eigenvalue weighted by Crippen LogP contribution is -2.58. The standard InChI is InChI=1S/C40H53N3O8/c1-39(2,3)51-38(45)42-18-16-40(46,32-15-17-41-36(25-32)50-28-29-10-7-6-8-11-29)35(27-42)37(44)43(33-13-14-33)26-31-22-30(12-9-19-47-4)23-34(24-31)49-21-20-48-5/h6-8,10-11,15,17,22-25,33,35,46H,9,12-14,16,18-21,26-28H2,1-5H3/t35-,40-/m1/s1. The van der Waals surface area contributed by atoms with E-state index in [4.69, 9.17) is 23.7 Å². The van der Waals surface area contributed by atoms with Crippen LogP contribution >= 0.6 is 0 Å². The van der Waals surface area contributed by atoms with E-state index in [-0.39, 0.29) is 31.5 Å². The topological polar surface area (TPSA) is 120 Å². The monoisotopic (exact) mass is 703 g/mol. The van der Waals surface area contributed by atoms with Gasteiger partial charge in [0.15, 0.2) is 0 Å². The Morgan fingerprint density at radius 3 is 2.39 bits per heavy atom. The number of benzene rings is 2. The predicted octanol–water partition coefficient (Wildman–Crippen LogP) is 5.90. The number of hydrogen-bond donors (Lipinski definition) is 1. The fourth-order valence-electron chi connectivity index (χ4n) is 6.43. The maximum atomic E-state index is 14.9. The first kappa shape index (κ1) is 38.1. The van der Waals surface area contributed by atoms with Crippen molar-refractivity contribution in [3.8, 4) is 11.6 Å².